The van der Waals surface area contributed by atoms with Gasteiger partial charge < -0.3 is 20.3 Å². The van der Waals surface area contributed by atoms with Crippen LogP contribution in [0.4, 0.5) is 14.9 Å². The van der Waals surface area contributed by atoms with E-state index in [0.29, 0.717) is 38.2 Å². The van der Waals surface area contributed by atoms with Crippen LogP contribution in [0.15, 0.2) is 48.5 Å². The normalized spacial score (nSPS) is 14.1. The van der Waals surface area contributed by atoms with E-state index >= 15 is 0 Å². The summed E-state index contributed by atoms with van der Waals surface area (Å²) in [6.45, 7) is 1.33. The number of para-hydroxylation sites is 1. The smallest absolute Gasteiger partial charge is 0.410 e. The third-order valence-corrected chi connectivity index (χ3v) is 5.05. The lowest BCUT2D eigenvalue weighted by Crippen LogP contribution is -2.44. The first-order valence-electron chi connectivity index (χ1n) is 9.48. The predicted molar refractivity (Wildman–Crippen MR) is 110 cm³/mol. The fourth-order valence-corrected chi connectivity index (χ4v) is 3.23. The molecule has 0 atom stereocenters. The molecule has 0 radical (unpaired) electrons. The van der Waals surface area contributed by atoms with E-state index in [-0.39, 0.29) is 16.6 Å². The van der Waals surface area contributed by atoms with Crippen LogP contribution in [0.5, 0.6) is 5.75 Å². The van der Waals surface area contributed by atoms with Gasteiger partial charge >= 0.3 is 17.9 Å². The number of nitrogens with one attached hydrogen (secondary N) is 2. The van der Waals surface area contributed by atoms with Gasteiger partial charge in [-0.15, -0.1) is 0 Å². The van der Waals surface area contributed by atoms with Gasteiger partial charge in [0.05, 0.1) is 5.02 Å². The molecule has 2 aromatic rings. The minimum atomic E-state index is -0.860. The van der Waals surface area contributed by atoms with Crippen molar-refractivity contribution in [2.45, 2.75) is 12.8 Å². The highest BCUT2D eigenvalue weighted by Gasteiger charge is 2.25. The first-order valence-corrected chi connectivity index (χ1v) is 9.86. The maximum atomic E-state index is 13.2. The number of amides is 3. The van der Waals surface area contributed by atoms with Crippen molar-refractivity contribution in [3.05, 3.63) is 59.4 Å². The van der Waals surface area contributed by atoms with E-state index in [1.165, 1.54) is 12.1 Å². The van der Waals surface area contributed by atoms with Crippen molar-refractivity contribution in [3.63, 3.8) is 0 Å². The summed E-state index contributed by atoms with van der Waals surface area (Å²) in [6, 6.07) is 12.5. The number of rotatable bonds is 4. The zero-order valence-electron chi connectivity index (χ0n) is 16.1. The largest absolute Gasteiger partial charge is 0.415 e. The summed E-state index contributed by atoms with van der Waals surface area (Å²) in [4.78, 5) is 37.8. The summed E-state index contributed by atoms with van der Waals surface area (Å²) in [5.74, 6) is -1.63. The van der Waals surface area contributed by atoms with Gasteiger partial charge in [0, 0.05) is 25.3 Å². The Labute approximate surface area is 178 Å². The van der Waals surface area contributed by atoms with Gasteiger partial charge in [0.25, 0.3) is 0 Å². The Morgan fingerprint density at radius 2 is 1.77 bits per heavy atom. The third-order valence-electron chi connectivity index (χ3n) is 4.76. The Balaban J connectivity index is 1.39. The van der Waals surface area contributed by atoms with E-state index in [0.717, 1.165) is 6.07 Å². The number of hydrogen-bond donors (Lipinski definition) is 2. The number of ether oxygens (including phenoxy) is 1. The van der Waals surface area contributed by atoms with E-state index in [1.807, 2.05) is 6.07 Å². The van der Waals surface area contributed by atoms with Gasteiger partial charge in [-0.2, -0.15) is 0 Å². The summed E-state index contributed by atoms with van der Waals surface area (Å²) < 4.78 is 18.5. The molecular weight excluding hydrogens is 413 g/mol. The highest BCUT2D eigenvalue weighted by atomic mass is 35.5. The van der Waals surface area contributed by atoms with Crippen molar-refractivity contribution in [1.29, 1.82) is 0 Å². The van der Waals surface area contributed by atoms with E-state index in [2.05, 4.69) is 10.6 Å². The second-order valence-corrected chi connectivity index (χ2v) is 7.31. The molecule has 3 amide bonds. The fourth-order valence-electron chi connectivity index (χ4n) is 3.05. The molecule has 0 unspecified atom stereocenters. The summed E-state index contributed by atoms with van der Waals surface area (Å²) in [7, 11) is 0. The zero-order valence-corrected chi connectivity index (χ0v) is 16.8. The van der Waals surface area contributed by atoms with Crippen LogP contribution >= 0.6 is 11.6 Å². The molecule has 0 aromatic heterocycles. The van der Waals surface area contributed by atoms with Crippen LogP contribution in [0.3, 0.4) is 0 Å². The quantitative estimate of drug-likeness (QED) is 0.723. The number of anilines is 1. The van der Waals surface area contributed by atoms with Crippen molar-refractivity contribution in [3.8, 4) is 5.75 Å². The second kappa shape index (κ2) is 10.1. The van der Waals surface area contributed by atoms with E-state index < -0.39 is 23.7 Å². The number of piperidine rings is 1. The summed E-state index contributed by atoms with van der Waals surface area (Å²) in [5, 5.41) is 4.81. The molecule has 3 rings (SSSR count). The number of carbonyl (C=O) groups excluding carboxylic acids is 3. The molecule has 158 valence electrons. The first-order chi connectivity index (χ1) is 14.4. The number of halogens is 2. The van der Waals surface area contributed by atoms with Crippen LogP contribution in [-0.4, -0.2) is 42.4 Å². The fraction of sp³-hybridized carbons (Fsp3) is 0.286. The van der Waals surface area contributed by atoms with E-state index in [4.69, 9.17) is 16.3 Å². The minimum Gasteiger partial charge on any atom is -0.410 e. The average Bonchev–Trinajstić information content (AvgIpc) is 2.75. The molecule has 0 saturated carbocycles. The third kappa shape index (κ3) is 5.93. The molecule has 1 aliphatic heterocycles. The van der Waals surface area contributed by atoms with Gasteiger partial charge in [0.2, 0.25) is 0 Å². The SMILES string of the molecule is O=C(NCC1CCN(C(=O)Oc2ccccc2)CC1)C(=O)Nc1ccc(F)c(Cl)c1. The maximum absolute atomic E-state index is 13.2. The lowest BCUT2D eigenvalue weighted by molar-refractivity contribution is -0.136. The van der Waals surface area contributed by atoms with Crippen molar-refractivity contribution in [2.75, 3.05) is 25.0 Å². The van der Waals surface area contributed by atoms with E-state index in [9.17, 15) is 18.8 Å². The molecule has 0 aliphatic carbocycles. The standard InChI is InChI=1S/C21H21ClFN3O4/c22-17-12-15(6-7-18(17)23)25-20(28)19(27)24-13-14-8-10-26(11-9-14)21(29)30-16-4-2-1-3-5-16/h1-7,12,14H,8-11,13H2,(H,24,27)(H,25,28). The van der Waals surface area contributed by atoms with Gasteiger partial charge in [-0.3, -0.25) is 9.59 Å². The van der Waals surface area contributed by atoms with Gasteiger partial charge in [0.15, 0.2) is 0 Å². The Bertz CT molecular complexity index is 918. The van der Waals surface area contributed by atoms with E-state index in [1.54, 1.807) is 29.2 Å². The Kier molecular flexibility index (Phi) is 7.24. The topological polar surface area (TPSA) is 87.7 Å². The molecule has 1 heterocycles. The zero-order chi connectivity index (χ0) is 21.5. The summed E-state index contributed by atoms with van der Waals surface area (Å²) >= 11 is 5.66. The highest BCUT2D eigenvalue weighted by molar-refractivity contribution is 6.39. The summed E-state index contributed by atoms with van der Waals surface area (Å²) in [6.07, 6.45) is 0.958. The number of carbonyl (C=O) groups is 3. The van der Waals surface area contributed by atoms with Crippen molar-refractivity contribution < 1.29 is 23.5 Å². The maximum Gasteiger partial charge on any atom is 0.415 e. The average molecular weight is 434 g/mol. The molecule has 0 spiro atoms. The van der Waals surface area contributed by atoms with Crippen molar-refractivity contribution in [1.82, 2.24) is 10.2 Å². The molecule has 30 heavy (non-hydrogen) atoms. The lowest BCUT2D eigenvalue weighted by atomic mass is 9.97. The molecule has 0 bridgehead atoms. The van der Waals surface area contributed by atoms with Crippen LogP contribution in [0.2, 0.25) is 5.02 Å². The first kappa shape index (κ1) is 21.6. The van der Waals surface area contributed by atoms with Crippen molar-refractivity contribution >= 4 is 35.2 Å². The number of hydrogen-bond acceptors (Lipinski definition) is 4. The van der Waals surface area contributed by atoms with Gasteiger partial charge in [-0.25, -0.2) is 9.18 Å². The molecule has 2 aromatic carbocycles. The lowest BCUT2D eigenvalue weighted by Gasteiger charge is -2.31. The Morgan fingerprint density at radius 3 is 2.43 bits per heavy atom. The van der Waals surface area contributed by atoms with Gasteiger partial charge in [-0.05, 0) is 49.1 Å². The second-order valence-electron chi connectivity index (χ2n) is 6.90. The van der Waals surface area contributed by atoms with Gasteiger partial charge in [0.1, 0.15) is 11.6 Å². The van der Waals surface area contributed by atoms with Crippen LogP contribution < -0.4 is 15.4 Å². The molecule has 2 N–H and O–H groups in total. The molecular formula is C21H21ClFN3O4. The number of nitrogens with zero attached hydrogens (tertiary/aromatic N) is 1. The molecule has 1 aliphatic rings. The molecule has 1 saturated heterocycles. The Hall–Kier alpha value is -3.13. The molecule has 9 heteroatoms. The predicted octanol–water partition coefficient (Wildman–Crippen LogP) is 3.44. The highest BCUT2D eigenvalue weighted by Crippen LogP contribution is 2.20. The minimum absolute atomic E-state index is 0.141. The van der Waals surface area contributed by atoms with Crippen LogP contribution in [0.1, 0.15) is 12.8 Å². The monoisotopic (exact) mass is 433 g/mol. The number of benzene rings is 2. The number of likely N-dealkylation sites (tertiary alicyclic amines) is 1. The van der Waals surface area contributed by atoms with Crippen molar-refractivity contribution in [2.24, 2.45) is 5.92 Å². The molecule has 7 nitrogen and oxygen atoms in total. The Morgan fingerprint density at radius 1 is 1.07 bits per heavy atom. The van der Waals surface area contributed by atoms with Gasteiger partial charge in [-0.1, -0.05) is 29.8 Å². The summed E-state index contributed by atoms with van der Waals surface area (Å²) in [5.41, 5.74) is 0.229. The molecule has 1 fully saturated rings. The van der Waals surface area contributed by atoms with Crippen LogP contribution in [0.25, 0.3) is 0 Å². The van der Waals surface area contributed by atoms with Crippen LogP contribution in [-0.2, 0) is 9.59 Å². The van der Waals surface area contributed by atoms with Crippen LogP contribution in [0, 0.1) is 11.7 Å².